The van der Waals surface area contributed by atoms with Gasteiger partial charge in [-0.1, -0.05) is 6.92 Å². The van der Waals surface area contributed by atoms with Gasteiger partial charge in [0.1, 0.15) is 0 Å². The summed E-state index contributed by atoms with van der Waals surface area (Å²) in [5.74, 6) is 0. The predicted octanol–water partition coefficient (Wildman–Crippen LogP) is 3.75. The van der Waals surface area contributed by atoms with Crippen molar-refractivity contribution in [2.24, 2.45) is 5.41 Å². The number of hydrogen-bond donors (Lipinski definition) is 1. The van der Waals surface area contributed by atoms with Crippen molar-refractivity contribution in [3.8, 4) is 0 Å². The van der Waals surface area contributed by atoms with Crippen molar-refractivity contribution in [2.75, 3.05) is 11.9 Å². The van der Waals surface area contributed by atoms with Crippen LogP contribution >= 0.6 is 0 Å². The van der Waals surface area contributed by atoms with Gasteiger partial charge in [-0.15, -0.1) is 0 Å². The van der Waals surface area contributed by atoms with Crippen molar-refractivity contribution in [3.05, 3.63) is 40.7 Å². The lowest BCUT2D eigenvalue weighted by atomic mass is 10.0. The fraction of sp³-hybridized carbons (Fsp3) is 0.400. The monoisotopic (exact) mass is 271 g/mol. The van der Waals surface area contributed by atoms with Gasteiger partial charge in [-0.05, 0) is 36.8 Å². The molecule has 1 aliphatic rings. The number of benzene rings is 1. The number of non-ortho nitro benzene ring substituents is 1. The van der Waals surface area contributed by atoms with Gasteiger partial charge in [-0.25, -0.2) is 0 Å². The quantitative estimate of drug-likeness (QED) is 0.664. The van der Waals surface area contributed by atoms with Gasteiger partial charge < -0.3 is 5.32 Å². The second-order valence-corrected chi connectivity index (χ2v) is 5.52. The summed E-state index contributed by atoms with van der Waals surface area (Å²) in [5.41, 5.74) is 1.49. The van der Waals surface area contributed by atoms with E-state index in [0.29, 0.717) is 10.8 Å². The summed E-state index contributed by atoms with van der Waals surface area (Å²) in [6.45, 7) is 3.14. The number of rotatable bonds is 5. The third kappa shape index (κ3) is 2.19. The number of nitro groups is 1. The maximum Gasteiger partial charge on any atom is 0.278 e. The molecule has 0 bridgehead atoms. The van der Waals surface area contributed by atoms with Crippen LogP contribution in [0.2, 0.25) is 0 Å². The van der Waals surface area contributed by atoms with Crippen LogP contribution in [0.3, 0.4) is 0 Å². The second-order valence-electron chi connectivity index (χ2n) is 5.52. The number of pyridine rings is 1. The minimum absolute atomic E-state index is 0.107. The smallest absolute Gasteiger partial charge is 0.278 e. The molecule has 1 fully saturated rings. The van der Waals surface area contributed by atoms with Gasteiger partial charge in [-0.2, -0.15) is 0 Å². The molecular weight excluding hydrogens is 254 g/mol. The zero-order valence-electron chi connectivity index (χ0n) is 11.4. The summed E-state index contributed by atoms with van der Waals surface area (Å²) in [4.78, 5) is 14.7. The molecule has 1 aliphatic carbocycles. The SMILES string of the molecule is CCC1(CNc2ccc([N+](=O)[O-])c3cnccc23)CC1. The van der Waals surface area contributed by atoms with Crippen LogP contribution in [0.1, 0.15) is 26.2 Å². The fourth-order valence-electron chi connectivity index (χ4n) is 2.60. The molecule has 104 valence electrons. The van der Waals surface area contributed by atoms with Crippen molar-refractivity contribution in [1.29, 1.82) is 0 Å². The molecule has 3 rings (SSSR count). The zero-order chi connectivity index (χ0) is 14.2. The van der Waals surface area contributed by atoms with Gasteiger partial charge in [-0.3, -0.25) is 15.1 Å². The second kappa shape index (κ2) is 4.74. The van der Waals surface area contributed by atoms with E-state index in [9.17, 15) is 10.1 Å². The Kier molecular flexibility index (Phi) is 3.04. The molecule has 1 N–H and O–H groups in total. The predicted molar refractivity (Wildman–Crippen MR) is 78.8 cm³/mol. The molecule has 1 saturated carbocycles. The summed E-state index contributed by atoms with van der Waals surface area (Å²) < 4.78 is 0. The molecular formula is C15H17N3O2. The standard InChI is InChI=1S/C15H17N3O2/c1-2-15(6-7-15)10-17-13-3-4-14(18(19)20)12-9-16-8-5-11(12)13/h3-5,8-9,17H,2,6-7,10H2,1H3. The van der Waals surface area contributed by atoms with E-state index < -0.39 is 0 Å². The lowest BCUT2D eigenvalue weighted by Crippen LogP contribution is -2.14. The van der Waals surface area contributed by atoms with Crippen molar-refractivity contribution in [2.45, 2.75) is 26.2 Å². The Balaban J connectivity index is 1.96. The Morgan fingerprint density at radius 1 is 1.35 bits per heavy atom. The first kappa shape index (κ1) is 12.8. The highest BCUT2D eigenvalue weighted by Crippen LogP contribution is 2.48. The van der Waals surface area contributed by atoms with E-state index in [1.54, 1.807) is 24.5 Å². The summed E-state index contributed by atoms with van der Waals surface area (Å²) in [6, 6.07) is 5.18. The Hall–Kier alpha value is -2.17. The molecule has 0 saturated heterocycles. The van der Waals surface area contributed by atoms with Crippen LogP contribution in [0.4, 0.5) is 11.4 Å². The molecule has 0 spiro atoms. The van der Waals surface area contributed by atoms with E-state index in [-0.39, 0.29) is 10.6 Å². The van der Waals surface area contributed by atoms with E-state index in [1.165, 1.54) is 19.3 Å². The Morgan fingerprint density at radius 3 is 2.80 bits per heavy atom. The number of hydrogen-bond acceptors (Lipinski definition) is 4. The summed E-state index contributed by atoms with van der Waals surface area (Å²) in [6.07, 6.45) is 6.94. The Morgan fingerprint density at radius 2 is 2.15 bits per heavy atom. The number of nitro benzene ring substituents is 1. The average Bonchev–Trinajstić information content (AvgIpc) is 3.25. The van der Waals surface area contributed by atoms with Gasteiger partial charge in [0.15, 0.2) is 0 Å². The molecule has 20 heavy (non-hydrogen) atoms. The number of aromatic nitrogens is 1. The third-order valence-electron chi connectivity index (χ3n) is 4.35. The Bertz CT molecular complexity index is 665. The van der Waals surface area contributed by atoms with E-state index in [0.717, 1.165) is 17.6 Å². The maximum atomic E-state index is 11.1. The Labute approximate surface area is 117 Å². The number of nitrogens with zero attached hydrogens (tertiary/aromatic N) is 2. The van der Waals surface area contributed by atoms with Crippen LogP contribution in [0.15, 0.2) is 30.6 Å². The molecule has 0 atom stereocenters. The van der Waals surface area contributed by atoms with Crippen LogP contribution in [-0.4, -0.2) is 16.5 Å². The molecule has 0 radical (unpaired) electrons. The largest absolute Gasteiger partial charge is 0.384 e. The van der Waals surface area contributed by atoms with Gasteiger partial charge in [0.25, 0.3) is 5.69 Å². The minimum Gasteiger partial charge on any atom is -0.384 e. The van der Waals surface area contributed by atoms with Gasteiger partial charge in [0.05, 0.1) is 10.3 Å². The lowest BCUT2D eigenvalue weighted by molar-refractivity contribution is -0.383. The number of fused-ring (bicyclic) bond motifs is 1. The van der Waals surface area contributed by atoms with E-state index in [2.05, 4.69) is 17.2 Å². The van der Waals surface area contributed by atoms with E-state index in [1.807, 2.05) is 6.07 Å². The average molecular weight is 271 g/mol. The van der Waals surface area contributed by atoms with Gasteiger partial charge in [0.2, 0.25) is 0 Å². The van der Waals surface area contributed by atoms with Gasteiger partial charge >= 0.3 is 0 Å². The fourth-order valence-corrected chi connectivity index (χ4v) is 2.60. The van der Waals surface area contributed by atoms with Crippen LogP contribution in [0, 0.1) is 15.5 Å². The molecule has 1 aromatic heterocycles. The molecule has 0 aliphatic heterocycles. The van der Waals surface area contributed by atoms with Gasteiger partial charge in [0, 0.05) is 36.1 Å². The number of nitrogens with one attached hydrogen (secondary N) is 1. The molecule has 0 unspecified atom stereocenters. The number of anilines is 1. The summed E-state index contributed by atoms with van der Waals surface area (Å²) >= 11 is 0. The highest BCUT2D eigenvalue weighted by Gasteiger charge is 2.40. The summed E-state index contributed by atoms with van der Waals surface area (Å²) in [7, 11) is 0. The third-order valence-corrected chi connectivity index (χ3v) is 4.35. The van der Waals surface area contributed by atoms with Crippen molar-refractivity contribution >= 4 is 22.1 Å². The van der Waals surface area contributed by atoms with Crippen LogP contribution in [0.5, 0.6) is 0 Å². The summed E-state index contributed by atoms with van der Waals surface area (Å²) in [5, 5.41) is 16.0. The zero-order valence-corrected chi connectivity index (χ0v) is 11.4. The first-order chi connectivity index (χ1) is 9.65. The minimum atomic E-state index is -0.359. The first-order valence-electron chi connectivity index (χ1n) is 6.90. The highest BCUT2D eigenvalue weighted by molar-refractivity contribution is 5.99. The van der Waals surface area contributed by atoms with Crippen LogP contribution in [0.25, 0.3) is 10.8 Å². The highest BCUT2D eigenvalue weighted by atomic mass is 16.6. The van der Waals surface area contributed by atoms with Crippen LogP contribution in [-0.2, 0) is 0 Å². The molecule has 1 heterocycles. The van der Waals surface area contributed by atoms with Crippen LogP contribution < -0.4 is 5.32 Å². The topological polar surface area (TPSA) is 68.1 Å². The molecule has 5 nitrogen and oxygen atoms in total. The maximum absolute atomic E-state index is 11.1. The molecule has 0 amide bonds. The van der Waals surface area contributed by atoms with E-state index in [4.69, 9.17) is 0 Å². The van der Waals surface area contributed by atoms with Crippen molar-refractivity contribution in [1.82, 2.24) is 4.98 Å². The normalized spacial score (nSPS) is 16.1. The van der Waals surface area contributed by atoms with Crippen molar-refractivity contribution < 1.29 is 4.92 Å². The molecule has 1 aromatic carbocycles. The molecule has 2 aromatic rings. The van der Waals surface area contributed by atoms with E-state index >= 15 is 0 Å². The van der Waals surface area contributed by atoms with Crippen molar-refractivity contribution in [3.63, 3.8) is 0 Å². The first-order valence-corrected chi connectivity index (χ1v) is 6.90. The lowest BCUT2D eigenvalue weighted by Gasteiger charge is -2.16. The molecule has 5 heteroatoms.